The largest absolute Gasteiger partial charge is 0.351 e. The van der Waals surface area contributed by atoms with Crippen molar-refractivity contribution in [3.8, 4) is 0 Å². The maximum absolute atomic E-state index is 14.0. The molecule has 1 aromatic rings. The Labute approximate surface area is 251 Å². The lowest BCUT2D eigenvalue weighted by molar-refractivity contribution is -0.147. The van der Waals surface area contributed by atoms with Gasteiger partial charge in [0.25, 0.3) is 0 Å². The smallest absolute Gasteiger partial charge is 0.245 e. The molecule has 3 atom stereocenters. The van der Waals surface area contributed by atoms with E-state index in [1.54, 1.807) is 12.1 Å². The molecule has 0 radical (unpaired) electrons. The zero-order chi connectivity index (χ0) is 30.5. The predicted molar refractivity (Wildman–Crippen MR) is 163 cm³/mol. The number of likely N-dealkylation sites (N-methyl/N-ethyl adjacent to an activating group) is 1. The van der Waals surface area contributed by atoms with Gasteiger partial charge in [-0.2, -0.15) is 0 Å². The molecule has 3 fully saturated rings. The molecule has 3 amide bonds. The number of carbonyl (C=O) groups excluding carboxylic acids is 3. The van der Waals surface area contributed by atoms with Gasteiger partial charge in [0.1, 0.15) is 11.9 Å². The highest BCUT2D eigenvalue weighted by molar-refractivity contribution is 5.90. The quantitative estimate of drug-likeness (QED) is 0.433. The number of piperidine rings is 1. The van der Waals surface area contributed by atoms with Crippen LogP contribution < -0.4 is 16.0 Å². The van der Waals surface area contributed by atoms with Gasteiger partial charge in [-0.05, 0) is 83.5 Å². The first-order valence-corrected chi connectivity index (χ1v) is 16.0. The molecule has 8 nitrogen and oxygen atoms in total. The van der Waals surface area contributed by atoms with Gasteiger partial charge in [-0.25, -0.2) is 4.39 Å². The number of hydrogen-bond donors (Lipinski definition) is 3. The topological polar surface area (TPSA) is 93.8 Å². The first kappa shape index (κ1) is 32.4. The number of hydrogen-bond acceptors (Lipinski definition) is 5. The van der Waals surface area contributed by atoms with Crippen LogP contribution in [0.3, 0.4) is 0 Å². The van der Waals surface area contributed by atoms with Crippen LogP contribution >= 0.6 is 0 Å². The van der Waals surface area contributed by atoms with Gasteiger partial charge >= 0.3 is 0 Å². The Hall–Kier alpha value is -2.52. The standard InChI is InChI=1S/C33H52FN5O3/c1-6-26-21-35-28(22-38(26)5)29(40)36-27(20-23-12-14-25(34)15-13-23)30(41)39-18-16-33(17-19-39,24-10-8-7-9-11-24)31(42)37-32(2,3)4/h12-15,24,26-28,35H,6-11,16-22H2,1-5H3,(H,36,40)(H,37,42)/t26-,27+,28-/m0/s1. The van der Waals surface area contributed by atoms with Crippen molar-refractivity contribution >= 4 is 17.7 Å². The van der Waals surface area contributed by atoms with Crippen molar-refractivity contribution in [1.29, 1.82) is 0 Å². The number of likely N-dealkylation sites (tertiary alicyclic amines) is 1. The molecule has 2 saturated heterocycles. The second kappa shape index (κ2) is 13.8. The fourth-order valence-corrected chi connectivity index (χ4v) is 7.18. The van der Waals surface area contributed by atoms with Crippen LogP contribution in [0.25, 0.3) is 0 Å². The summed E-state index contributed by atoms with van der Waals surface area (Å²) in [5.41, 5.74) is -0.0192. The summed E-state index contributed by atoms with van der Waals surface area (Å²) in [6, 6.07) is 5.29. The molecule has 1 aliphatic carbocycles. The highest BCUT2D eigenvalue weighted by atomic mass is 19.1. The Morgan fingerprint density at radius 2 is 1.71 bits per heavy atom. The predicted octanol–water partition coefficient (Wildman–Crippen LogP) is 3.64. The van der Waals surface area contributed by atoms with Crippen LogP contribution in [0.4, 0.5) is 4.39 Å². The summed E-state index contributed by atoms with van der Waals surface area (Å²) in [5.74, 6) is -0.245. The Morgan fingerprint density at radius 3 is 2.29 bits per heavy atom. The number of nitrogens with one attached hydrogen (secondary N) is 3. The van der Waals surface area contributed by atoms with Crippen LogP contribution in [0.2, 0.25) is 0 Å². The van der Waals surface area contributed by atoms with Crippen LogP contribution in [0.5, 0.6) is 0 Å². The summed E-state index contributed by atoms with van der Waals surface area (Å²) in [4.78, 5) is 45.3. The molecule has 234 valence electrons. The summed E-state index contributed by atoms with van der Waals surface area (Å²) >= 11 is 0. The van der Waals surface area contributed by atoms with Crippen molar-refractivity contribution in [3.63, 3.8) is 0 Å². The Bertz CT molecular complexity index is 1070. The highest BCUT2D eigenvalue weighted by Gasteiger charge is 2.49. The second-order valence-corrected chi connectivity index (χ2v) is 13.9. The summed E-state index contributed by atoms with van der Waals surface area (Å²) < 4.78 is 13.6. The van der Waals surface area contributed by atoms with E-state index in [4.69, 9.17) is 0 Å². The molecule has 0 aromatic heterocycles. The van der Waals surface area contributed by atoms with E-state index in [2.05, 4.69) is 27.8 Å². The van der Waals surface area contributed by atoms with E-state index >= 15 is 0 Å². The Balaban J connectivity index is 1.49. The number of piperazine rings is 1. The normalized spacial score (nSPS) is 24.6. The number of amides is 3. The lowest BCUT2D eigenvalue weighted by Gasteiger charge is -2.48. The molecule has 1 aromatic carbocycles. The molecule has 0 bridgehead atoms. The Kier molecular flexibility index (Phi) is 10.7. The molecule has 2 aliphatic heterocycles. The van der Waals surface area contributed by atoms with Crippen molar-refractivity contribution < 1.29 is 18.8 Å². The van der Waals surface area contributed by atoms with E-state index in [0.717, 1.165) is 37.7 Å². The van der Waals surface area contributed by atoms with Crippen LogP contribution in [-0.4, -0.2) is 84.4 Å². The zero-order valence-corrected chi connectivity index (χ0v) is 26.3. The molecule has 0 unspecified atom stereocenters. The molecule has 0 spiro atoms. The third kappa shape index (κ3) is 7.90. The van der Waals surface area contributed by atoms with Gasteiger partial charge in [0, 0.05) is 44.2 Å². The first-order valence-electron chi connectivity index (χ1n) is 16.0. The lowest BCUT2D eigenvalue weighted by atomic mass is 9.63. The van der Waals surface area contributed by atoms with Crippen molar-refractivity contribution in [2.75, 3.05) is 33.2 Å². The van der Waals surface area contributed by atoms with Crippen molar-refractivity contribution in [2.24, 2.45) is 11.3 Å². The third-order valence-electron chi connectivity index (χ3n) is 9.74. The third-order valence-corrected chi connectivity index (χ3v) is 9.74. The maximum Gasteiger partial charge on any atom is 0.245 e. The fraction of sp³-hybridized carbons (Fsp3) is 0.727. The monoisotopic (exact) mass is 585 g/mol. The number of benzene rings is 1. The molecule has 42 heavy (non-hydrogen) atoms. The van der Waals surface area contributed by atoms with E-state index in [0.29, 0.717) is 51.0 Å². The summed E-state index contributed by atoms with van der Waals surface area (Å²) in [6.07, 6.45) is 8.13. The molecule has 1 saturated carbocycles. The van der Waals surface area contributed by atoms with E-state index in [-0.39, 0.29) is 35.5 Å². The zero-order valence-electron chi connectivity index (χ0n) is 26.3. The van der Waals surface area contributed by atoms with Crippen molar-refractivity contribution in [3.05, 3.63) is 35.6 Å². The minimum atomic E-state index is -0.774. The molecule has 3 aliphatic rings. The van der Waals surface area contributed by atoms with Gasteiger partial charge < -0.3 is 25.8 Å². The highest BCUT2D eigenvalue weighted by Crippen LogP contribution is 2.46. The van der Waals surface area contributed by atoms with Gasteiger partial charge in [-0.1, -0.05) is 38.3 Å². The van der Waals surface area contributed by atoms with Gasteiger partial charge in [-0.3, -0.25) is 14.4 Å². The average molecular weight is 586 g/mol. The second-order valence-electron chi connectivity index (χ2n) is 13.9. The number of halogens is 1. The van der Waals surface area contributed by atoms with Gasteiger partial charge in [0.05, 0.1) is 11.5 Å². The van der Waals surface area contributed by atoms with Gasteiger partial charge in [-0.15, -0.1) is 0 Å². The number of rotatable bonds is 8. The van der Waals surface area contributed by atoms with Crippen molar-refractivity contribution in [2.45, 2.75) is 109 Å². The summed E-state index contributed by atoms with van der Waals surface area (Å²) in [6.45, 7) is 10.4. The summed E-state index contributed by atoms with van der Waals surface area (Å²) in [5, 5.41) is 9.66. The van der Waals surface area contributed by atoms with E-state index in [9.17, 15) is 18.8 Å². The Morgan fingerprint density at radius 1 is 1.07 bits per heavy atom. The van der Waals surface area contributed by atoms with Gasteiger partial charge in [0.2, 0.25) is 17.7 Å². The number of nitrogens with zero attached hydrogens (tertiary/aromatic N) is 2. The minimum Gasteiger partial charge on any atom is -0.351 e. The molecule has 3 N–H and O–H groups in total. The molecule has 9 heteroatoms. The molecule has 2 heterocycles. The lowest BCUT2D eigenvalue weighted by Crippen LogP contribution is -2.63. The SMILES string of the molecule is CC[C@H]1CN[C@H](C(=O)N[C@H](Cc2ccc(F)cc2)C(=O)N2CCC(C(=O)NC(C)(C)C)(C3CCCCC3)CC2)CN1C. The average Bonchev–Trinajstić information content (AvgIpc) is 2.97. The van der Waals surface area contributed by atoms with Crippen molar-refractivity contribution in [1.82, 2.24) is 25.8 Å². The fourth-order valence-electron chi connectivity index (χ4n) is 7.18. The maximum atomic E-state index is 14.0. The van der Waals surface area contributed by atoms with Crippen LogP contribution in [-0.2, 0) is 20.8 Å². The first-order chi connectivity index (χ1) is 19.9. The minimum absolute atomic E-state index is 0.114. The van der Waals surface area contributed by atoms with Gasteiger partial charge in [0.15, 0.2) is 0 Å². The van der Waals surface area contributed by atoms with Crippen LogP contribution in [0.15, 0.2) is 24.3 Å². The molecule has 4 rings (SSSR count). The molecular weight excluding hydrogens is 533 g/mol. The van der Waals surface area contributed by atoms with Crippen LogP contribution in [0, 0.1) is 17.2 Å². The van der Waals surface area contributed by atoms with E-state index in [1.165, 1.54) is 18.6 Å². The van der Waals surface area contributed by atoms with Crippen LogP contribution in [0.1, 0.15) is 84.6 Å². The number of carbonyl (C=O) groups is 3. The van der Waals surface area contributed by atoms with E-state index < -0.39 is 17.5 Å². The van der Waals surface area contributed by atoms with E-state index in [1.807, 2.05) is 32.7 Å². The summed E-state index contributed by atoms with van der Waals surface area (Å²) in [7, 11) is 2.03. The molecular formula is C33H52FN5O3.